The van der Waals surface area contributed by atoms with Gasteiger partial charge in [0.2, 0.25) is 10.0 Å². The van der Waals surface area contributed by atoms with Gasteiger partial charge in [-0.05, 0) is 18.1 Å². The van der Waals surface area contributed by atoms with E-state index in [-0.39, 0.29) is 18.0 Å². The maximum absolute atomic E-state index is 12.8. The van der Waals surface area contributed by atoms with Crippen molar-refractivity contribution < 1.29 is 18.6 Å². The lowest BCUT2D eigenvalue weighted by atomic mass is 9.95. The molecule has 0 saturated heterocycles. The third-order valence-electron chi connectivity index (χ3n) is 4.17. The van der Waals surface area contributed by atoms with Gasteiger partial charge in [-0.15, -0.1) is 0 Å². The van der Waals surface area contributed by atoms with Crippen LogP contribution < -0.4 is 0 Å². The van der Waals surface area contributed by atoms with Gasteiger partial charge in [-0.3, -0.25) is 0 Å². The minimum atomic E-state index is -3.73. The highest BCUT2D eigenvalue weighted by atomic mass is 32.2. The van der Waals surface area contributed by atoms with Crippen LogP contribution in [0.15, 0.2) is 59.5 Å². The van der Waals surface area contributed by atoms with Crippen LogP contribution in [0, 0.1) is 0 Å². The molecule has 0 spiro atoms. The van der Waals surface area contributed by atoms with Gasteiger partial charge < -0.3 is 10.2 Å². The Kier molecular flexibility index (Phi) is 4.50. The fourth-order valence-electron chi connectivity index (χ4n) is 3.08. The van der Waals surface area contributed by atoms with Crippen LogP contribution in [-0.4, -0.2) is 42.1 Å². The van der Waals surface area contributed by atoms with Gasteiger partial charge in [0.1, 0.15) is 0 Å². The van der Waals surface area contributed by atoms with Crippen LogP contribution in [0.1, 0.15) is 17.2 Å². The highest BCUT2D eigenvalue weighted by Crippen LogP contribution is 2.37. The fraction of sp³-hybridized carbons (Fsp3) is 0.294. The predicted molar refractivity (Wildman–Crippen MR) is 86.3 cm³/mol. The van der Waals surface area contributed by atoms with Crippen LogP contribution in [0.25, 0.3) is 0 Å². The number of aliphatic hydroxyl groups excluding tert-OH is 2. The fourth-order valence-corrected chi connectivity index (χ4v) is 4.94. The monoisotopic (exact) mass is 333 g/mol. The van der Waals surface area contributed by atoms with E-state index in [2.05, 4.69) is 0 Å². The molecule has 0 saturated carbocycles. The summed E-state index contributed by atoms with van der Waals surface area (Å²) in [6.07, 6.45) is -0.545. The van der Waals surface area contributed by atoms with Crippen molar-refractivity contribution in [1.82, 2.24) is 4.31 Å². The summed E-state index contributed by atoms with van der Waals surface area (Å²) in [6.45, 7) is -0.329. The number of nitrogens with zero attached hydrogens (tertiary/aromatic N) is 1. The van der Waals surface area contributed by atoms with Crippen molar-refractivity contribution in [3.05, 3.63) is 65.7 Å². The Bertz CT molecular complexity index is 776. The first kappa shape index (κ1) is 16.1. The van der Waals surface area contributed by atoms with E-state index in [1.807, 2.05) is 30.3 Å². The van der Waals surface area contributed by atoms with Gasteiger partial charge in [0, 0.05) is 12.1 Å². The summed E-state index contributed by atoms with van der Waals surface area (Å²) in [5.74, 6) is 0. The molecule has 6 heteroatoms. The van der Waals surface area contributed by atoms with Crippen LogP contribution in [0.5, 0.6) is 0 Å². The van der Waals surface area contributed by atoms with Crippen molar-refractivity contribution in [1.29, 1.82) is 0 Å². The number of hydrogen-bond donors (Lipinski definition) is 2. The summed E-state index contributed by atoms with van der Waals surface area (Å²) in [6, 6.07) is 15.3. The van der Waals surface area contributed by atoms with Crippen LogP contribution in [-0.2, 0) is 16.4 Å². The highest BCUT2D eigenvalue weighted by molar-refractivity contribution is 7.89. The SMILES string of the molecule is O=S1(=O)c2ccccc2[C@H](O)[C@H](Cc2ccccc2)N1CCO. The smallest absolute Gasteiger partial charge is 0.243 e. The third kappa shape index (κ3) is 2.90. The van der Waals surface area contributed by atoms with E-state index >= 15 is 0 Å². The van der Waals surface area contributed by atoms with Gasteiger partial charge in [-0.25, -0.2) is 8.42 Å². The summed E-state index contributed by atoms with van der Waals surface area (Å²) in [5.41, 5.74) is 1.36. The van der Waals surface area contributed by atoms with Gasteiger partial charge in [0.15, 0.2) is 0 Å². The minimum absolute atomic E-state index is 0.0365. The second-order valence-electron chi connectivity index (χ2n) is 5.58. The minimum Gasteiger partial charge on any atom is -0.395 e. The van der Waals surface area contributed by atoms with Gasteiger partial charge in [-0.2, -0.15) is 4.31 Å². The average Bonchev–Trinajstić information content (AvgIpc) is 2.57. The first-order valence-corrected chi connectivity index (χ1v) is 8.93. The van der Waals surface area contributed by atoms with E-state index in [0.717, 1.165) is 5.56 Å². The summed E-state index contributed by atoms with van der Waals surface area (Å²) in [5, 5.41) is 20.0. The van der Waals surface area contributed by atoms with Crippen LogP contribution >= 0.6 is 0 Å². The molecule has 2 aromatic carbocycles. The second kappa shape index (κ2) is 6.41. The maximum Gasteiger partial charge on any atom is 0.243 e. The molecule has 5 nitrogen and oxygen atoms in total. The van der Waals surface area contributed by atoms with Crippen molar-refractivity contribution in [2.75, 3.05) is 13.2 Å². The van der Waals surface area contributed by atoms with E-state index in [0.29, 0.717) is 12.0 Å². The van der Waals surface area contributed by atoms with Crippen LogP contribution in [0.4, 0.5) is 0 Å². The lowest BCUT2D eigenvalue weighted by molar-refractivity contribution is 0.0725. The molecule has 2 aromatic rings. The molecule has 1 heterocycles. The zero-order valence-electron chi connectivity index (χ0n) is 12.5. The van der Waals surface area contributed by atoms with E-state index < -0.39 is 22.2 Å². The van der Waals surface area contributed by atoms with Crippen molar-refractivity contribution in [3.8, 4) is 0 Å². The Labute approximate surface area is 135 Å². The number of rotatable bonds is 4. The number of sulfonamides is 1. The van der Waals surface area contributed by atoms with Crippen molar-refractivity contribution in [3.63, 3.8) is 0 Å². The summed E-state index contributed by atoms with van der Waals surface area (Å²) < 4.78 is 26.9. The normalized spacial score (nSPS) is 23.4. The maximum atomic E-state index is 12.8. The Morgan fingerprint density at radius 2 is 1.65 bits per heavy atom. The number of hydrogen-bond acceptors (Lipinski definition) is 4. The molecule has 122 valence electrons. The zero-order valence-corrected chi connectivity index (χ0v) is 13.4. The molecule has 0 bridgehead atoms. The molecule has 0 aliphatic carbocycles. The molecule has 0 radical (unpaired) electrons. The van der Waals surface area contributed by atoms with Crippen molar-refractivity contribution in [2.45, 2.75) is 23.5 Å². The zero-order chi connectivity index (χ0) is 16.4. The van der Waals surface area contributed by atoms with Crippen LogP contribution in [0.3, 0.4) is 0 Å². The predicted octanol–water partition coefficient (Wildman–Crippen LogP) is 1.33. The third-order valence-corrected chi connectivity index (χ3v) is 6.17. The molecule has 1 aliphatic heterocycles. The Morgan fingerprint density at radius 3 is 2.35 bits per heavy atom. The number of aliphatic hydroxyl groups is 2. The quantitative estimate of drug-likeness (QED) is 0.885. The van der Waals surface area contributed by atoms with Crippen molar-refractivity contribution >= 4 is 10.0 Å². The van der Waals surface area contributed by atoms with Crippen molar-refractivity contribution in [2.24, 2.45) is 0 Å². The molecule has 3 rings (SSSR count). The van der Waals surface area contributed by atoms with E-state index in [1.165, 1.54) is 10.4 Å². The van der Waals surface area contributed by atoms with Gasteiger partial charge in [0.25, 0.3) is 0 Å². The van der Waals surface area contributed by atoms with E-state index in [4.69, 9.17) is 0 Å². The summed E-state index contributed by atoms with van der Waals surface area (Å²) in [4.78, 5) is 0.116. The molecule has 2 N–H and O–H groups in total. The number of β-amino-alcohol motifs (C(OH)–C–C–N with tert-alkyl or cyclic N) is 1. The molecule has 0 fully saturated rings. The van der Waals surface area contributed by atoms with Gasteiger partial charge in [-0.1, -0.05) is 48.5 Å². The highest BCUT2D eigenvalue weighted by Gasteiger charge is 2.43. The molecule has 23 heavy (non-hydrogen) atoms. The lowest BCUT2D eigenvalue weighted by Crippen LogP contribution is -2.50. The van der Waals surface area contributed by atoms with Gasteiger partial charge >= 0.3 is 0 Å². The topological polar surface area (TPSA) is 77.8 Å². The first-order valence-electron chi connectivity index (χ1n) is 7.49. The van der Waals surface area contributed by atoms with E-state index in [1.54, 1.807) is 18.2 Å². The molecule has 0 aromatic heterocycles. The average molecular weight is 333 g/mol. The van der Waals surface area contributed by atoms with Crippen LogP contribution in [0.2, 0.25) is 0 Å². The van der Waals surface area contributed by atoms with E-state index in [9.17, 15) is 18.6 Å². The Morgan fingerprint density at radius 1 is 1.00 bits per heavy atom. The standard InChI is InChI=1S/C17H19NO4S/c19-11-10-18-15(12-13-6-2-1-3-7-13)17(20)14-8-4-5-9-16(14)23(18,21)22/h1-9,15,17,19-20H,10-12H2/t15-,17-/m0/s1. The molecular formula is C17H19NO4S. The molecule has 0 amide bonds. The Hall–Kier alpha value is -1.73. The Balaban J connectivity index is 2.07. The molecule has 2 atom stereocenters. The second-order valence-corrected chi connectivity index (χ2v) is 7.44. The number of fused-ring (bicyclic) bond motifs is 1. The number of benzene rings is 2. The van der Waals surface area contributed by atoms with Gasteiger partial charge in [0.05, 0.1) is 23.6 Å². The molecular weight excluding hydrogens is 314 g/mol. The summed E-state index contributed by atoms with van der Waals surface area (Å²) in [7, 11) is -3.73. The molecule has 1 aliphatic rings. The first-order chi connectivity index (χ1) is 11.1. The lowest BCUT2D eigenvalue weighted by Gasteiger charge is -2.39. The largest absolute Gasteiger partial charge is 0.395 e. The summed E-state index contributed by atoms with van der Waals surface area (Å²) >= 11 is 0. The molecule has 0 unspecified atom stereocenters.